The normalized spacial score (nSPS) is 33.7. The summed E-state index contributed by atoms with van der Waals surface area (Å²) in [6, 6.07) is -6.51. The van der Waals surface area contributed by atoms with E-state index in [0.717, 1.165) is 64.7 Å². The number of hydrogen-bond acceptors (Lipinski definition) is 33. The van der Waals surface area contributed by atoms with Gasteiger partial charge in [0.25, 0.3) is 11.6 Å². The Hall–Kier alpha value is -3.99. The van der Waals surface area contributed by atoms with Crippen molar-refractivity contribution < 1.29 is 163 Å². The Kier molecular flexibility index (Phi) is 46.1. The van der Waals surface area contributed by atoms with E-state index in [1.54, 1.807) is 6.08 Å². The zero-order valence-electron chi connectivity index (χ0n) is 66.7. The zero-order chi connectivity index (χ0) is 84.2. The standard InChI is InChI=1S/C77H138N4O33/c1-5-8-10-12-14-16-18-20-21-23-25-27-29-31-33-35-54(91)81-45(46(86)34-32-30-28-26-24-22-19-17-15-13-11-9-6-2)41-105-72-64(98)63(97)66(52(39-83)108-72)110-73-65(99)70(67(53(40-84)109-73)111-71-58(80-44(4)85)62(96)61(95)51(38-82)107-71)114-77(75(102)103)37-48(88)57(79)69(113-77)60(94)50(90)43-106-76(74(100)101)36-47(87)56(78)68(112-76)59(93)49(89)42-104-55(92)7-3/h32,34,45-53,56-73,82-84,86-90,93-99H,5-31,33,35-43,78-79H2,1-4H3,(H,80,85)(H,81,91)(H,100,101)(H,102,103)/b34-32+/t45?,46?,47-,48-,49?,50?,51-,52-,53-,56+,57+,58-,59?,60?,61+,62-,63-,64-,65-,66-,67+,68+,69+,70-,71+,72-,73-,76-,77?/m1/s1. The number of ether oxygens (including phenoxy) is 11. The van der Waals surface area contributed by atoms with Crippen LogP contribution in [0.2, 0.25) is 0 Å². The molecule has 5 rings (SSSR count). The Balaban J connectivity index is 1.37. The fourth-order valence-electron chi connectivity index (χ4n) is 14.8. The van der Waals surface area contributed by atoms with Gasteiger partial charge in [-0.2, -0.15) is 0 Å². The molecule has 0 spiro atoms. The molecule has 37 nitrogen and oxygen atoms in total. The Morgan fingerprint density at radius 3 is 1.45 bits per heavy atom. The van der Waals surface area contributed by atoms with Crippen LogP contribution in [0.25, 0.3) is 0 Å². The van der Waals surface area contributed by atoms with E-state index < -0.39 is 259 Å². The van der Waals surface area contributed by atoms with E-state index in [2.05, 4.69) is 24.5 Å². The number of aliphatic carboxylic acids is 2. The molecule has 29 atom stereocenters. The van der Waals surface area contributed by atoms with Crippen LogP contribution in [0.5, 0.6) is 0 Å². The monoisotopic (exact) mass is 1650 g/mol. The maximum atomic E-state index is 13.9. The maximum absolute atomic E-state index is 13.9. The number of allylic oxidation sites excluding steroid dienone is 1. The highest BCUT2D eigenvalue weighted by atomic mass is 16.8. The Bertz CT molecular complexity index is 2760. The van der Waals surface area contributed by atoms with Crippen molar-refractivity contribution in [2.24, 2.45) is 11.5 Å². The van der Waals surface area contributed by atoms with E-state index in [1.165, 1.54) is 116 Å². The van der Waals surface area contributed by atoms with Crippen molar-refractivity contribution in [3.8, 4) is 0 Å². The third kappa shape index (κ3) is 30.6. The number of esters is 1. The van der Waals surface area contributed by atoms with Crippen LogP contribution in [0.1, 0.15) is 227 Å². The number of aliphatic hydroxyl groups is 15. The molecule has 114 heavy (non-hydrogen) atoms. The van der Waals surface area contributed by atoms with Gasteiger partial charge in [0.15, 0.2) is 18.9 Å². The average molecular weight is 1650 g/mol. The van der Waals surface area contributed by atoms with Crippen molar-refractivity contribution in [3.05, 3.63) is 12.2 Å². The van der Waals surface area contributed by atoms with Gasteiger partial charge in [0.1, 0.15) is 116 Å². The lowest BCUT2D eigenvalue weighted by atomic mass is 9.88. The Morgan fingerprint density at radius 2 is 0.956 bits per heavy atom. The lowest BCUT2D eigenvalue weighted by Gasteiger charge is -2.52. The van der Waals surface area contributed by atoms with Gasteiger partial charge in [-0.1, -0.05) is 187 Å². The molecule has 37 heteroatoms. The van der Waals surface area contributed by atoms with Crippen LogP contribution < -0.4 is 22.1 Å². The second-order valence-electron chi connectivity index (χ2n) is 31.0. The zero-order valence-corrected chi connectivity index (χ0v) is 66.7. The summed E-state index contributed by atoms with van der Waals surface area (Å²) < 4.78 is 64.1. The molecule has 5 fully saturated rings. The molecule has 0 aromatic heterocycles. The first-order valence-electron chi connectivity index (χ1n) is 41.3. The average Bonchev–Trinajstić information content (AvgIpc) is 0.749. The fourth-order valence-corrected chi connectivity index (χ4v) is 14.8. The second kappa shape index (κ2) is 52.3. The van der Waals surface area contributed by atoms with E-state index >= 15 is 0 Å². The SMILES string of the molecule is CCCCCCCCCCCCC/C=C/C(O)C(CO[C@@H]1O[C@H](CO)[C@@H](O[C@H]2O[C@H](CO)[C@H](O[C@@H]3O[C@H](CO)[C@H](O)[C@H](O)[C@H]3NC(C)=O)[C@H](OC3(C(=O)O)C[C@@H](O)[C@H](N)[C@@H](C(O)C(O)CO[C@]4(C(=O)O)C[C@@H](O)[C@H](N)[C@@H](C(O)C(O)COC(=O)CC)O4)O3)[C@H]2O)[C@H](O)[C@H]1O)NC(=O)CCCCCCCCCCCCCCCCC. The van der Waals surface area contributed by atoms with E-state index in [0.29, 0.717) is 12.8 Å². The molecule has 5 aliphatic rings. The van der Waals surface area contributed by atoms with Crippen molar-refractivity contribution in [2.75, 3.05) is 39.6 Å². The van der Waals surface area contributed by atoms with Crippen molar-refractivity contribution >= 4 is 29.7 Å². The topological polar surface area (TPSA) is 607 Å². The summed E-state index contributed by atoms with van der Waals surface area (Å²) in [5.41, 5.74) is 12.4. The smallest absolute Gasteiger partial charge is 0.364 e. The molecule has 2 amide bonds. The molecule has 0 radical (unpaired) electrons. The van der Waals surface area contributed by atoms with E-state index in [1.807, 2.05) is 0 Å². The summed E-state index contributed by atoms with van der Waals surface area (Å²) in [5, 5.41) is 197. The van der Waals surface area contributed by atoms with Gasteiger partial charge in [-0.3, -0.25) is 14.4 Å². The van der Waals surface area contributed by atoms with E-state index in [9.17, 15) is 111 Å². The van der Waals surface area contributed by atoms with Crippen molar-refractivity contribution in [3.63, 3.8) is 0 Å². The predicted octanol–water partition coefficient (Wildman–Crippen LogP) is -1.09. The summed E-state index contributed by atoms with van der Waals surface area (Å²) in [6.07, 6.45) is -16.9. The van der Waals surface area contributed by atoms with Crippen LogP contribution in [0, 0.1) is 0 Å². The van der Waals surface area contributed by atoms with E-state index in [-0.39, 0.29) is 12.8 Å². The first kappa shape index (κ1) is 101. The van der Waals surface area contributed by atoms with Crippen molar-refractivity contribution in [1.82, 2.24) is 10.6 Å². The minimum Gasteiger partial charge on any atom is -0.477 e. The Labute approximate surface area is 667 Å². The largest absolute Gasteiger partial charge is 0.477 e. The summed E-state index contributed by atoms with van der Waals surface area (Å²) >= 11 is 0. The van der Waals surface area contributed by atoms with Crippen LogP contribution in [-0.2, 0) is 76.1 Å². The molecule has 5 heterocycles. The van der Waals surface area contributed by atoms with Gasteiger partial charge in [-0.15, -0.1) is 0 Å². The number of carboxylic acid groups (broad SMARTS) is 2. The number of carboxylic acids is 2. The number of nitrogens with two attached hydrogens (primary N) is 2. The molecule has 7 unspecified atom stereocenters. The van der Waals surface area contributed by atoms with Gasteiger partial charge in [0, 0.05) is 32.6 Å². The van der Waals surface area contributed by atoms with Crippen LogP contribution >= 0.6 is 0 Å². The van der Waals surface area contributed by atoms with Crippen molar-refractivity contribution in [1.29, 1.82) is 0 Å². The molecule has 23 N–H and O–H groups in total. The van der Waals surface area contributed by atoms with Crippen LogP contribution in [0.15, 0.2) is 12.2 Å². The number of hydrogen-bond donors (Lipinski definition) is 21. The number of rotatable bonds is 56. The maximum Gasteiger partial charge on any atom is 0.364 e. The number of unbranched alkanes of at least 4 members (excludes halogenated alkanes) is 25. The third-order valence-electron chi connectivity index (χ3n) is 21.8. The lowest BCUT2D eigenvalue weighted by Crippen LogP contribution is -2.71. The molecular formula is C77H138N4O33. The van der Waals surface area contributed by atoms with Crippen molar-refractivity contribution in [2.45, 2.75) is 403 Å². The molecule has 5 aliphatic heterocycles. The summed E-state index contributed by atoms with van der Waals surface area (Å²) in [7, 11) is 0. The van der Waals surface area contributed by atoms with E-state index in [4.69, 9.17) is 63.6 Å². The molecule has 0 aliphatic carbocycles. The van der Waals surface area contributed by atoms with Crippen LogP contribution in [-0.4, -0.2) is 333 Å². The van der Waals surface area contributed by atoms with Gasteiger partial charge in [0.2, 0.25) is 11.8 Å². The highest BCUT2D eigenvalue weighted by molar-refractivity contribution is 5.77. The summed E-state index contributed by atoms with van der Waals surface area (Å²) in [6.45, 7) is 0.795. The van der Waals surface area contributed by atoms with Gasteiger partial charge in [-0.05, 0) is 19.3 Å². The summed E-state index contributed by atoms with van der Waals surface area (Å²) in [4.78, 5) is 64.9. The first-order valence-corrected chi connectivity index (χ1v) is 41.3. The third-order valence-corrected chi connectivity index (χ3v) is 21.8. The number of aliphatic hydroxyl groups excluding tert-OH is 15. The lowest BCUT2D eigenvalue weighted by molar-refractivity contribution is -0.400. The molecule has 0 bridgehead atoms. The molecule has 0 saturated carbocycles. The fraction of sp³-hybridized carbons (Fsp3) is 0.909. The number of carbonyl (C=O) groups excluding carboxylic acids is 3. The minimum absolute atomic E-state index is 0.127. The molecular weight excluding hydrogens is 1510 g/mol. The molecule has 664 valence electrons. The quantitative estimate of drug-likeness (QED) is 0.0195. The minimum atomic E-state index is -3.45. The van der Waals surface area contributed by atoms with Crippen LogP contribution in [0.4, 0.5) is 0 Å². The number of amides is 2. The first-order chi connectivity index (χ1) is 54.4. The highest BCUT2D eigenvalue weighted by Gasteiger charge is 2.62. The Morgan fingerprint density at radius 1 is 0.509 bits per heavy atom. The van der Waals surface area contributed by atoms with Gasteiger partial charge in [0.05, 0.1) is 69.5 Å². The van der Waals surface area contributed by atoms with Gasteiger partial charge < -0.3 is 161 Å². The predicted molar refractivity (Wildman–Crippen MR) is 402 cm³/mol. The molecule has 0 aromatic carbocycles. The molecule has 5 saturated heterocycles. The van der Waals surface area contributed by atoms with Gasteiger partial charge in [-0.25, -0.2) is 9.59 Å². The highest BCUT2D eigenvalue weighted by Crippen LogP contribution is 2.41. The molecule has 0 aromatic rings. The second-order valence-corrected chi connectivity index (χ2v) is 31.0. The summed E-state index contributed by atoms with van der Waals surface area (Å²) in [5.74, 6) is -12.8. The van der Waals surface area contributed by atoms with Crippen LogP contribution in [0.3, 0.4) is 0 Å². The number of carbonyl (C=O) groups is 5. The van der Waals surface area contributed by atoms with Gasteiger partial charge >= 0.3 is 17.9 Å². The number of nitrogens with one attached hydrogen (secondary N) is 2.